The van der Waals surface area contributed by atoms with Crippen molar-refractivity contribution in [3.05, 3.63) is 64.2 Å². The van der Waals surface area contributed by atoms with E-state index in [0.29, 0.717) is 10.6 Å². The average molecular weight is 314 g/mol. The topological polar surface area (TPSA) is 39.1 Å². The molecule has 2 aromatic carbocycles. The van der Waals surface area contributed by atoms with Crippen molar-refractivity contribution in [3.8, 4) is 6.07 Å². The number of hydrogen-bond acceptors (Lipinski definition) is 3. The molecule has 1 unspecified atom stereocenters. The van der Waals surface area contributed by atoms with E-state index in [9.17, 15) is 0 Å². The van der Waals surface area contributed by atoms with Crippen molar-refractivity contribution in [3.63, 3.8) is 0 Å². The monoisotopic (exact) mass is 313 g/mol. The largest absolute Gasteiger partial charge is 0.383 e. The fourth-order valence-electron chi connectivity index (χ4n) is 2.32. The van der Waals surface area contributed by atoms with Crippen LogP contribution in [0.4, 0.5) is 5.69 Å². The van der Waals surface area contributed by atoms with E-state index in [1.54, 1.807) is 12.1 Å². The van der Waals surface area contributed by atoms with E-state index in [1.807, 2.05) is 6.07 Å². The Morgan fingerprint density at radius 2 is 1.86 bits per heavy atom. The normalized spacial score (nSPS) is 12.0. The van der Waals surface area contributed by atoms with Crippen molar-refractivity contribution in [1.82, 2.24) is 4.90 Å². The van der Waals surface area contributed by atoms with Gasteiger partial charge >= 0.3 is 0 Å². The third kappa shape index (κ3) is 4.00. The molecule has 0 aliphatic rings. The Labute approximate surface area is 137 Å². The molecule has 0 saturated heterocycles. The van der Waals surface area contributed by atoms with Gasteiger partial charge in [-0.3, -0.25) is 0 Å². The molecule has 0 spiro atoms. The zero-order valence-electron chi connectivity index (χ0n) is 13.1. The number of aryl methyl sites for hydroxylation is 1. The van der Waals surface area contributed by atoms with Gasteiger partial charge in [-0.05, 0) is 44.8 Å². The molecule has 2 aromatic rings. The van der Waals surface area contributed by atoms with Gasteiger partial charge in [0.1, 0.15) is 6.07 Å². The predicted molar refractivity (Wildman–Crippen MR) is 92.3 cm³/mol. The zero-order valence-corrected chi connectivity index (χ0v) is 13.9. The van der Waals surface area contributed by atoms with E-state index in [1.165, 1.54) is 11.1 Å². The van der Waals surface area contributed by atoms with Crippen molar-refractivity contribution in [2.24, 2.45) is 0 Å². The Kier molecular flexibility index (Phi) is 5.43. The summed E-state index contributed by atoms with van der Waals surface area (Å²) < 4.78 is 0. The van der Waals surface area contributed by atoms with Gasteiger partial charge in [0.2, 0.25) is 0 Å². The molecule has 0 heterocycles. The SMILES string of the molecule is Cc1ccc(C(CNc2ccc(C#N)c(Cl)c2)N(C)C)cc1. The molecular weight excluding hydrogens is 294 g/mol. The third-order valence-electron chi connectivity index (χ3n) is 3.67. The lowest BCUT2D eigenvalue weighted by Gasteiger charge is -2.25. The van der Waals surface area contributed by atoms with Gasteiger partial charge in [0, 0.05) is 12.2 Å². The van der Waals surface area contributed by atoms with Gasteiger partial charge in [-0.1, -0.05) is 41.4 Å². The van der Waals surface area contributed by atoms with Gasteiger partial charge in [-0.2, -0.15) is 5.26 Å². The molecule has 0 fully saturated rings. The minimum Gasteiger partial charge on any atom is -0.383 e. The van der Waals surface area contributed by atoms with E-state index in [-0.39, 0.29) is 6.04 Å². The van der Waals surface area contributed by atoms with Crippen LogP contribution in [0.2, 0.25) is 5.02 Å². The molecule has 2 rings (SSSR count). The van der Waals surface area contributed by atoms with E-state index >= 15 is 0 Å². The van der Waals surface area contributed by atoms with Crippen molar-refractivity contribution < 1.29 is 0 Å². The van der Waals surface area contributed by atoms with E-state index in [4.69, 9.17) is 16.9 Å². The van der Waals surface area contributed by atoms with Crippen molar-refractivity contribution in [1.29, 1.82) is 5.26 Å². The summed E-state index contributed by atoms with van der Waals surface area (Å²) in [4.78, 5) is 2.18. The molecule has 3 nitrogen and oxygen atoms in total. The summed E-state index contributed by atoms with van der Waals surface area (Å²) in [6, 6.07) is 16.3. The first-order valence-corrected chi connectivity index (χ1v) is 7.55. The summed E-state index contributed by atoms with van der Waals surface area (Å²) in [5.41, 5.74) is 3.94. The fraction of sp³-hybridized carbons (Fsp3) is 0.278. The highest BCUT2D eigenvalue weighted by molar-refractivity contribution is 6.32. The molecule has 0 saturated carbocycles. The number of halogens is 1. The number of nitriles is 1. The minimum atomic E-state index is 0.259. The molecule has 0 bridgehead atoms. The van der Waals surface area contributed by atoms with Gasteiger partial charge in [0.25, 0.3) is 0 Å². The molecule has 0 aliphatic carbocycles. The lowest BCUT2D eigenvalue weighted by molar-refractivity contribution is 0.312. The van der Waals surface area contributed by atoms with Crippen molar-refractivity contribution in [2.45, 2.75) is 13.0 Å². The van der Waals surface area contributed by atoms with Crippen LogP contribution in [-0.2, 0) is 0 Å². The van der Waals surface area contributed by atoms with Gasteiger partial charge in [0.15, 0.2) is 0 Å². The molecule has 4 heteroatoms. The van der Waals surface area contributed by atoms with Gasteiger partial charge in [-0.15, -0.1) is 0 Å². The molecule has 22 heavy (non-hydrogen) atoms. The van der Waals surface area contributed by atoms with Crippen LogP contribution in [0.15, 0.2) is 42.5 Å². The standard InChI is InChI=1S/C18H20ClN3/c1-13-4-6-14(7-5-13)18(22(2)3)12-21-16-9-8-15(11-20)17(19)10-16/h4-10,18,21H,12H2,1-3H3. The molecule has 1 atom stereocenters. The first-order chi connectivity index (χ1) is 10.5. The molecule has 0 aliphatic heterocycles. The number of likely N-dealkylation sites (N-methyl/N-ethyl adjacent to an activating group) is 1. The molecular formula is C18H20ClN3. The second kappa shape index (κ2) is 7.31. The average Bonchev–Trinajstić information content (AvgIpc) is 2.49. The Balaban J connectivity index is 2.11. The summed E-state index contributed by atoms with van der Waals surface area (Å²) in [5, 5.41) is 12.8. The summed E-state index contributed by atoms with van der Waals surface area (Å²) >= 11 is 6.07. The number of benzene rings is 2. The maximum atomic E-state index is 8.91. The number of nitrogens with one attached hydrogen (secondary N) is 1. The van der Waals surface area contributed by atoms with Crippen LogP contribution in [0.25, 0.3) is 0 Å². The number of anilines is 1. The summed E-state index contributed by atoms with van der Waals surface area (Å²) in [7, 11) is 4.13. The number of rotatable bonds is 5. The minimum absolute atomic E-state index is 0.259. The number of hydrogen-bond donors (Lipinski definition) is 1. The highest BCUT2D eigenvalue weighted by Crippen LogP contribution is 2.23. The second-order valence-corrected chi connectivity index (χ2v) is 5.98. The van der Waals surface area contributed by atoms with Crippen LogP contribution in [0.5, 0.6) is 0 Å². The van der Waals surface area contributed by atoms with E-state index in [2.05, 4.69) is 61.6 Å². The fourth-order valence-corrected chi connectivity index (χ4v) is 2.54. The number of nitrogens with zero attached hydrogens (tertiary/aromatic N) is 2. The second-order valence-electron chi connectivity index (χ2n) is 5.58. The van der Waals surface area contributed by atoms with Crippen molar-refractivity contribution in [2.75, 3.05) is 26.0 Å². The van der Waals surface area contributed by atoms with Crippen molar-refractivity contribution >= 4 is 17.3 Å². The zero-order chi connectivity index (χ0) is 16.1. The highest BCUT2D eigenvalue weighted by Gasteiger charge is 2.14. The van der Waals surface area contributed by atoms with Crippen LogP contribution in [-0.4, -0.2) is 25.5 Å². The first kappa shape index (κ1) is 16.4. The van der Waals surface area contributed by atoms with Gasteiger partial charge < -0.3 is 10.2 Å². The van der Waals surface area contributed by atoms with Crippen LogP contribution in [0.3, 0.4) is 0 Å². The Hall–Kier alpha value is -2.02. The highest BCUT2D eigenvalue weighted by atomic mass is 35.5. The molecule has 114 valence electrons. The van der Waals surface area contributed by atoms with Gasteiger partial charge in [-0.25, -0.2) is 0 Å². The summed E-state index contributed by atoms with van der Waals surface area (Å²) in [5.74, 6) is 0. The van der Waals surface area contributed by atoms with Crippen LogP contribution >= 0.6 is 11.6 Å². The lowest BCUT2D eigenvalue weighted by Crippen LogP contribution is -2.26. The summed E-state index contributed by atoms with van der Waals surface area (Å²) in [6.07, 6.45) is 0. The van der Waals surface area contributed by atoms with Gasteiger partial charge in [0.05, 0.1) is 16.6 Å². The maximum absolute atomic E-state index is 8.91. The lowest BCUT2D eigenvalue weighted by atomic mass is 10.0. The molecule has 0 aromatic heterocycles. The Morgan fingerprint density at radius 1 is 1.18 bits per heavy atom. The molecule has 1 N–H and O–H groups in total. The summed E-state index contributed by atoms with van der Waals surface area (Å²) in [6.45, 7) is 2.85. The smallest absolute Gasteiger partial charge is 0.101 e. The quantitative estimate of drug-likeness (QED) is 0.897. The predicted octanol–water partition coefficient (Wildman–Crippen LogP) is 4.23. The van der Waals surface area contributed by atoms with E-state index in [0.717, 1.165) is 12.2 Å². The Morgan fingerprint density at radius 3 is 2.41 bits per heavy atom. The molecule has 0 radical (unpaired) electrons. The van der Waals surface area contributed by atoms with Crippen LogP contribution < -0.4 is 5.32 Å². The van der Waals surface area contributed by atoms with Crippen LogP contribution in [0, 0.1) is 18.3 Å². The first-order valence-electron chi connectivity index (χ1n) is 7.18. The third-order valence-corrected chi connectivity index (χ3v) is 3.99. The Bertz CT molecular complexity index is 672. The van der Waals surface area contributed by atoms with Crippen LogP contribution in [0.1, 0.15) is 22.7 Å². The molecule has 0 amide bonds. The maximum Gasteiger partial charge on any atom is 0.101 e. The van der Waals surface area contributed by atoms with E-state index < -0.39 is 0 Å².